The summed E-state index contributed by atoms with van der Waals surface area (Å²) in [6.45, 7) is 3.17. The number of likely N-dealkylation sites (tertiary alicyclic amines) is 1. The van der Waals surface area contributed by atoms with Crippen molar-refractivity contribution in [3.05, 3.63) is 75.6 Å². The zero-order valence-electron chi connectivity index (χ0n) is 15.6. The number of aromatic amines is 1. The van der Waals surface area contributed by atoms with Gasteiger partial charge in [-0.3, -0.25) is 14.4 Å². The highest BCUT2D eigenvalue weighted by Gasteiger charge is 2.20. The molecule has 2 aromatic carbocycles. The Morgan fingerprint density at radius 1 is 1.14 bits per heavy atom. The molecule has 1 aliphatic heterocycles. The largest absolute Gasteiger partial charge is 0.338 e. The number of aryl methyl sites for hydroxylation is 1. The van der Waals surface area contributed by atoms with Gasteiger partial charge >= 0.3 is 0 Å². The van der Waals surface area contributed by atoms with Crippen molar-refractivity contribution in [2.45, 2.75) is 26.3 Å². The lowest BCUT2D eigenvalue weighted by atomic mass is 10.1. The normalized spacial score (nSPS) is 13.9. The molecule has 3 aromatic rings. The fourth-order valence-electron chi connectivity index (χ4n) is 3.61. The van der Waals surface area contributed by atoms with Crippen LogP contribution in [-0.4, -0.2) is 28.2 Å². The molecule has 4 rings (SSSR count). The number of nitrogens with one attached hydrogen (secondary N) is 2. The van der Waals surface area contributed by atoms with Crippen LogP contribution in [0.3, 0.4) is 0 Å². The van der Waals surface area contributed by atoms with E-state index in [0.717, 1.165) is 35.0 Å². The fourth-order valence-corrected chi connectivity index (χ4v) is 3.61. The van der Waals surface area contributed by atoms with Gasteiger partial charge in [0.2, 0.25) is 11.5 Å². The Labute approximate surface area is 162 Å². The number of anilines is 1. The Hall–Kier alpha value is -3.41. The van der Waals surface area contributed by atoms with Crippen LogP contribution in [0.15, 0.2) is 53.3 Å². The maximum Gasteiger partial charge on any atom is 0.255 e. The van der Waals surface area contributed by atoms with Crippen LogP contribution >= 0.6 is 0 Å². The number of fused-ring (bicyclic) bond motifs is 1. The number of H-pyrrole nitrogens is 1. The van der Waals surface area contributed by atoms with Crippen LogP contribution in [0.2, 0.25) is 0 Å². The SMILES string of the molecule is Cc1cc(=O)[nH]c2ccc(NC(=O)c3cccc(CN4CCCC4=O)c3)cc12. The molecule has 2 heterocycles. The van der Waals surface area contributed by atoms with Crippen molar-refractivity contribution >= 4 is 28.4 Å². The number of nitrogens with zero attached hydrogens (tertiary/aromatic N) is 1. The van der Waals surface area contributed by atoms with E-state index in [1.165, 1.54) is 6.07 Å². The minimum Gasteiger partial charge on any atom is -0.338 e. The van der Waals surface area contributed by atoms with Crippen LogP contribution < -0.4 is 10.9 Å². The van der Waals surface area contributed by atoms with Crippen molar-refractivity contribution in [2.75, 3.05) is 11.9 Å². The molecule has 28 heavy (non-hydrogen) atoms. The summed E-state index contributed by atoms with van der Waals surface area (Å²) in [5, 5.41) is 3.80. The van der Waals surface area contributed by atoms with E-state index >= 15 is 0 Å². The second kappa shape index (κ2) is 7.31. The van der Waals surface area contributed by atoms with E-state index in [9.17, 15) is 14.4 Å². The predicted molar refractivity (Wildman–Crippen MR) is 108 cm³/mol. The smallest absolute Gasteiger partial charge is 0.255 e. The summed E-state index contributed by atoms with van der Waals surface area (Å²) in [5.41, 5.74) is 3.59. The van der Waals surface area contributed by atoms with Gasteiger partial charge in [0, 0.05) is 47.7 Å². The monoisotopic (exact) mass is 375 g/mol. The first-order valence-corrected chi connectivity index (χ1v) is 9.31. The van der Waals surface area contributed by atoms with Crippen molar-refractivity contribution in [1.82, 2.24) is 9.88 Å². The molecule has 0 bridgehead atoms. The molecule has 1 saturated heterocycles. The lowest BCUT2D eigenvalue weighted by Crippen LogP contribution is -2.24. The van der Waals surface area contributed by atoms with Crippen LogP contribution in [-0.2, 0) is 11.3 Å². The molecule has 142 valence electrons. The Balaban J connectivity index is 1.53. The van der Waals surface area contributed by atoms with Crippen molar-refractivity contribution < 1.29 is 9.59 Å². The predicted octanol–water partition coefficient (Wildman–Crippen LogP) is 3.21. The number of hydrogen-bond acceptors (Lipinski definition) is 3. The molecule has 2 amide bonds. The van der Waals surface area contributed by atoms with E-state index in [1.54, 1.807) is 18.2 Å². The zero-order valence-corrected chi connectivity index (χ0v) is 15.6. The highest BCUT2D eigenvalue weighted by atomic mass is 16.2. The number of aromatic nitrogens is 1. The molecule has 6 nitrogen and oxygen atoms in total. The van der Waals surface area contributed by atoms with E-state index in [1.807, 2.05) is 36.1 Å². The molecule has 1 aliphatic rings. The number of hydrogen-bond donors (Lipinski definition) is 2. The third-order valence-electron chi connectivity index (χ3n) is 5.04. The Kier molecular flexibility index (Phi) is 4.69. The molecule has 2 N–H and O–H groups in total. The minimum absolute atomic E-state index is 0.143. The highest BCUT2D eigenvalue weighted by molar-refractivity contribution is 6.05. The fraction of sp³-hybridized carbons (Fsp3) is 0.227. The van der Waals surface area contributed by atoms with Gasteiger partial charge in [-0.25, -0.2) is 0 Å². The summed E-state index contributed by atoms with van der Waals surface area (Å²) in [4.78, 5) is 40.7. The van der Waals surface area contributed by atoms with E-state index < -0.39 is 0 Å². The molecule has 0 unspecified atom stereocenters. The van der Waals surface area contributed by atoms with Gasteiger partial charge in [0.25, 0.3) is 5.91 Å². The van der Waals surface area contributed by atoms with Gasteiger partial charge < -0.3 is 15.2 Å². The second-order valence-electron chi connectivity index (χ2n) is 7.15. The molecule has 0 atom stereocenters. The number of rotatable bonds is 4. The third-order valence-corrected chi connectivity index (χ3v) is 5.04. The van der Waals surface area contributed by atoms with Crippen molar-refractivity contribution in [3.63, 3.8) is 0 Å². The molecule has 0 radical (unpaired) electrons. The average molecular weight is 375 g/mol. The first-order chi connectivity index (χ1) is 13.5. The highest BCUT2D eigenvalue weighted by Crippen LogP contribution is 2.21. The molecular formula is C22H21N3O3. The average Bonchev–Trinajstić information content (AvgIpc) is 3.07. The lowest BCUT2D eigenvalue weighted by Gasteiger charge is -2.16. The van der Waals surface area contributed by atoms with Gasteiger partial charge in [0.05, 0.1) is 0 Å². The number of carbonyl (C=O) groups is 2. The quantitative estimate of drug-likeness (QED) is 0.735. The summed E-state index contributed by atoms with van der Waals surface area (Å²) >= 11 is 0. The summed E-state index contributed by atoms with van der Waals surface area (Å²) in [6.07, 6.45) is 1.50. The first kappa shape index (κ1) is 18.0. The van der Waals surface area contributed by atoms with Gasteiger partial charge in [0.1, 0.15) is 0 Å². The van der Waals surface area contributed by atoms with Gasteiger partial charge in [0.15, 0.2) is 0 Å². The summed E-state index contributed by atoms with van der Waals surface area (Å²) in [6, 6.07) is 14.3. The maximum atomic E-state index is 12.7. The standard InChI is InChI=1S/C22H21N3O3/c1-14-10-20(26)24-19-8-7-17(12-18(14)19)23-22(28)16-5-2-4-15(11-16)13-25-9-3-6-21(25)27/h2,4-5,7-8,10-12H,3,6,9,13H2,1H3,(H,23,28)(H,24,26). The number of benzene rings is 2. The minimum atomic E-state index is -0.212. The molecule has 0 saturated carbocycles. The topological polar surface area (TPSA) is 82.3 Å². The van der Waals surface area contributed by atoms with Crippen molar-refractivity contribution in [1.29, 1.82) is 0 Å². The van der Waals surface area contributed by atoms with E-state index in [-0.39, 0.29) is 17.4 Å². The summed E-state index contributed by atoms with van der Waals surface area (Å²) in [7, 11) is 0. The number of amides is 2. The van der Waals surface area contributed by atoms with E-state index in [4.69, 9.17) is 0 Å². The van der Waals surface area contributed by atoms with Crippen LogP contribution in [0.25, 0.3) is 10.9 Å². The first-order valence-electron chi connectivity index (χ1n) is 9.31. The Morgan fingerprint density at radius 3 is 2.79 bits per heavy atom. The Bertz CT molecular complexity index is 1130. The van der Waals surface area contributed by atoms with Gasteiger partial charge in [-0.2, -0.15) is 0 Å². The molecule has 6 heteroatoms. The number of pyridine rings is 1. The lowest BCUT2D eigenvalue weighted by molar-refractivity contribution is -0.128. The Morgan fingerprint density at radius 2 is 2.00 bits per heavy atom. The van der Waals surface area contributed by atoms with Crippen molar-refractivity contribution in [3.8, 4) is 0 Å². The number of carbonyl (C=O) groups excluding carboxylic acids is 2. The molecule has 1 aromatic heterocycles. The zero-order chi connectivity index (χ0) is 19.7. The summed E-state index contributed by atoms with van der Waals surface area (Å²) < 4.78 is 0. The molecular weight excluding hydrogens is 354 g/mol. The van der Waals surface area contributed by atoms with Crippen LogP contribution in [0.4, 0.5) is 5.69 Å². The van der Waals surface area contributed by atoms with Crippen molar-refractivity contribution in [2.24, 2.45) is 0 Å². The van der Waals surface area contributed by atoms with Crippen LogP contribution in [0.5, 0.6) is 0 Å². The third kappa shape index (κ3) is 3.67. The van der Waals surface area contributed by atoms with Crippen LogP contribution in [0, 0.1) is 6.92 Å². The molecule has 0 aliphatic carbocycles. The maximum absolute atomic E-state index is 12.7. The van der Waals surface area contributed by atoms with Crippen LogP contribution in [0.1, 0.15) is 34.3 Å². The molecule has 0 spiro atoms. The molecule has 1 fully saturated rings. The van der Waals surface area contributed by atoms with Gasteiger partial charge in [-0.05, 0) is 54.8 Å². The van der Waals surface area contributed by atoms with E-state index in [2.05, 4.69) is 10.3 Å². The van der Waals surface area contributed by atoms with Gasteiger partial charge in [-0.1, -0.05) is 12.1 Å². The van der Waals surface area contributed by atoms with E-state index in [0.29, 0.717) is 24.2 Å². The second-order valence-corrected chi connectivity index (χ2v) is 7.15. The van der Waals surface area contributed by atoms with Gasteiger partial charge in [-0.15, -0.1) is 0 Å². The summed E-state index contributed by atoms with van der Waals surface area (Å²) in [5.74, 6) is -0.0459.